The van der Waals surface area contributed by atoms with E-state index in [1.807, 2.05) is 7.11 Å². The molecule has 0 aliphatic heterocycles. The first kappa shape index (κ1) is 5.72. The van der Waals surface area contributed by atoms with Crippen LogP contribution in [0, 0.1) is 17.8 Å². The summed E-state index contributed by atoms with van der Waals surface area (Å²) in [4.78, 5) is 0. The van der Waals surface area contributed by atoms with Crippen LogP contribution in [0.2, 0.25) is 0 Å². The Morgan fingerprint density at radius 1 is 1.33 bits per heavy atom. The average Bonchev–Trinajstić information content (AvgIpc) is 2.39. The minimum Gasteiger partial charge on any atom is -0.384 e. The monoisotopic (exact) mass is 126 g/mol. The van der Waals surface area contributed by atoms with Crippen LogP contribution >= 0.6 is 0 Å². The molecule has 2 atom stereocenters. The maximum atomic E-state index is 5.10. The van der Waals surface area contributed by atoms with Gasteiger partial charge in [-0.3, -0.25) is 0 Å². The van der Waals surface area contributed by atoms with Crippen LogP contribution in [0.4, 0.5) is 0 Å². The predicted molar refractivity (Wildman–Crippen MR) is 36.2 cm³/mol. The maximum Gasteiger partial charge on any atom is 0.0496 e. The highest BCUT2D eigenvalue weighted by molar-refractivity contribution is 5.00. The summed E-state index contributed by atoms with van der Waals surface area (Å²) in [6.45, 7) is 1.02. The van der Waals surface area contributed by atoms with E-state index in [0.29, 0.717) is 0 Å². The molecule has 0 heterocycles. The van der Waals surface area contributed by atoms with Gasteiger partial charge in [-0.1, -0.05) is 6.42 Å². The van der Waals surface area contributed by atoms with E-state index in [9.17, 15) is 0 Å². The van der Waals surface area contributed by atoms with Crippen molar-refractivity contribution in [2.75, 3.05) is 13.7 Å². The Kier molecular flexibility index (Phi) is 1.26. The van der Waals surface area contributed by atoms with Crippen molar-refractivity contribution in [1.82, 2.24) is 0 Å². The van der Waals surface area contributed by atoms with Crippen molar-refractivity contribution >= 4 is 0 Å². The fourth-order valence-electron chi connectivity index (χ4n) is 2.41. The Morgan fingerprint density at radius 3 is 2.56 bits per heavy atom. The number of ether oxygens (including phenoxy) is 1. The van der Waals surface area contributed by atoms with Crippen LogP contribution in [-0.4, -0.2) is 13.7 Å². The quantitative estimate of drug-likeness (QED) is 0.547. The molecule has 0 saturated heterocycles. The van der Waals surface area contributed by atoms with Gasteiger partial charge < -0.3 is 4.74 Å². The fourth-order valence-corrected chi connectivity index (χ4v) is 2.41. The van der Waals surface area contributed by atoms with Gasteiger partial charge >= 0.3 is 0 Å². The van der Waals surface area contributed by atoms with E-state index in [0.717, 1.165) is 24.4 Å². The van der Waals surface area contributed by atoms with E-state index >= 15 is 0 Å². The summed E-state index contributed by atoms with van der Waals surface area (Å²) in [7, 11) is 1.81. The zero-order valence-corrected chi connectivity index (χ0v) is 5.97. The first-order chi connectivity index (χ1) is 4.43. The summed E-state index contributed by atoms with van der Waals surface area (Å²) in [5.41, 5.74) is 0. The van der Waals surface area contributed by atoms with Gasteiger partial charge in [0, 0.05) is 13.7 Å². The molecular weight excluding hydrogens is 112 g/mol. The highest BCUT2D eigenvalue weighted by atomic mass is 16.5. The van der Waals surface area contributed by atoms with Crippen molar-refractivity contribution in [2.24, 2.45) is 17.8 Å². The molecule has 2 aliphatic rings. The van der Waals surface area contributed by atoms with Gasteiger partial charge in [0.05, 0.1) is 0 Å². The molecular formula is C8H14O. The Balaban J connectivity index is 1.81. The van der Waals surface area contributed by atoms with Crippen molar-refractivity contribution in [3.05, 3.63) is 0 Å². The van der Waals surface area contributed by atoms with Gasteiger partial charge in [-0.2, -0.15) is 0 Å². The maximum absolute atomic E-state index is 5.10. The highest BCUT2D eigenvalue weighted by Crippen LogP contribution is 2.57. The van der Waals surface area contributed by atoms with Crippen LogP contribution < -0.4 is 0 Å². The van der Waals surface area contributed by atoms with Crippen molar-refractivity contribution in [3.63, 3.8) is 0 Å². The molecule has 0 amide bonds. The Hall–Kier alpha value is -0.0400. The zero-order chi connectivity index (χ0) is 6.27. The summed E-state index contributed by atoms with van der Waals surface area (Å²) in [5.74, 6) is 3.11. The Bertz CT molecular complexity index is 101. The molecule has 0 radical (unpaired) electrons. The second kappa shape index (κ2) is 1.98. The van der Waals surface area contributed by atoms with E-state index in [1.165, 1.54) is 19.3 Å². The zero-order valence-electron chi connectivity index (χ0n) is 5.97. The van der Waals surface area contributed by atoms with E-state index in [2.05, 4.69) is 0 Å². The average molecular weight is 126 g/mol. The van der Waals surface area contributed by atoms with Crippen molar-refractivity contribution in [2.45, 2.75) is 19.3 Å². The minimum absolute atomic E-state index is 0.962. The number of fused-ring (bicyclic) bond motifs is 1. The molecule has 0 aromatic heterocycles. The first-order valence-electron chi connectivity index (χ1n) is 3.92. The molecule has 0 N–H and O–H groups in total. The molecule has 2 rings (SSSR count). The molecule has 0 bridgehead atoms. The minimum atomic E-state index is 0.962. The van der Waals surface area contributed by atoms with E-state index in [-0.39, 0.29) is 0 Å². The molecule has 0 aromatic rings. The van der Waals surface area contributed by atoms with Gasteiger partial charge in [-0.25, -0.2) is 0 Å². The van der Waals surface area contributed by atoms with Crippen molar-refractivity contribution in [1.29, 1.82) is 0 Å². The number of hydrogen-bond donors (Lipinski definition) is 0. The molecule has 2 fully saturated rings. The van der Waals surface area contributed by atoms with Gasteiger partial charge in [-0.15, -0.1) is 0 Å². The number of rotatable bonds is 2. The summed E-state index contributed by atoms with van der Waals surface area (Å²) in [6.07, 6.45) is 4.45. The summed E-state index contributed by atoms with van der Waals surface area (Å²) < 4.78 is 5.10. The van der Waals surface area contributed by atoms with Gasteiger partial charge in [0.15, 0.2) is 0 Å². The molecule has 1 nitrogen and oxygen atoms in total. The van der Waals surface area contributed by atoms with Gasteiger partial charge in [0.2, 0.25) is 0 Å². The lowest BCUT2D eigenvalue weighted by molar-refractivity contribution is 0.173. The first-order valence-corrected chi connectivity index (χ1v) is 3.92. The third-order valence-corrected chi connectivity index (χ3v) is 2.94. The molecule has 0 aromatic carbocycles. The second-order valence-corrected chi connectivity index (χ2v) is 3.38. The van der Waals surface area contributed by atoms with Crippen LogP contribution in [0.25, 0.3) is 0 Å². The largest absolute Gasteiger partial charge is 0.384 e. The fraction of sp³-hybridized carbons (Fsp3) is 1.00. The van der Waals surface area contributed by atoms with E-state index in [4.69, 9.17) is 4.74 Å². The third kappa shape index (κ3) is 0.787. The van der Waals surface area contributed by atoms with Crippen LogP contribution in [0.1, 0.15) is 19.3 Å². The SMILES string of the molecule is COCC1C2CCCC21. The standard InChI is InChI=1S/C8H14O/c1-9-5-8-6-3-2-4-7(6)8/h6-8H,2-5H2,1H3. The molecule has 0 spiro atoms. The van der Waals surface area contributed by atoms with Crippen LogP contribution in [-0.2, 0) is 4.74 Å². The lowest BCUT2D eigenvalue weighted by Gasteiger charge is -1.98. The number of hydrogen-bond acceptors (Lipinski definition) is 1. The Labute approximate surface area is 56.4 Å². The van der Waals surface area contributed by atoms with Crippen LogP contribution in [0.3, 0.4) is 0 Å². The van der Waals surface area contributed by atoms with Gasteiger partial charge in [0.25, 0.3) is 0 Å². The van der Waals surface area contributed by atoms with Crippen molar-refractivity contribution in [3.8, 4) is 0 Å². The molecule has 2 aliphatic carbocycles. The topological polar surface area (TPSA) is 9.23 Å². The molecule has 9 heavy (non-hydrogen) atoms. The van der Waals surface area contributed by atoms with Crippen molar-refractivity contribution < 1.29 is 4.74 Å². The lowest BCUT2D eigenvalue weighted by atomic mass is 10.2. The highest BCUT2D eigenvalue weighted by Gasteiger charge is 2.51. The lowest BCUT2D eigenvalue weighted by Crippen LogP contribution is -1.96. The van der Waals surface area contributed by atoms with E-state index < -0.39 is 0 Å². The normalized spacial score (nSPS) is 47.0. The summed E-state index contributed by atoms with van der Waals surface area (Å²) in [6, 6.07) is 0. The molecule has 2 saturated carbocycles. The smallest absolute Gasteiger partial charge is 0.0496 e. The molecule has 2 unspecified atom stereocenters. The van der Waals surface area contributed by atoms with Crippen LogP contribution in [0.5, 0.6) is 0 Å². The van der Waals surface area contributed by atoms with Crippen LogP contribution in [0.15, 0.2) is 0 Å². The molecule has 52 valence electrons. The third-order valence-electron chi connectivity index (χ3n) is 2.94. The van der Waals surface area contributed by atoms with Gasteiger partial charge in [0.1, 0.15) is 0 Å². The Morgan fingerprint density at radius 2 is 2.00 bits per heavy atom. The summed E-state index contributed by atoms with van der Waals surface area (Å²) in [5, 5.41) is 0. The molecule has 1 heteroatoms. The summed E-state index contributed by atoms with van der Waals surface area (Å²) >= 11 is 0. The predicted octanol–water partition coefficient (Wildman–Crippen LogP) is 1.68. The number of methoxy groups -OCH3 is 1. The van der Waals surface area contributed by atoms with Gasteiger partial charge in [-0.05, 0) is 30.6 Å². The second-order valence-electron chi connectivity index (χ2n) is 3.38. The van der Waals surface area contributed by atoms with E-state index in [1.54, 1.807) is 0 Å².